The molecule has 4 nitrogen and oxygen atoms in total. The Morgan fingerprint density at radius 3 is 2.28 bits per heavy atom. The minimum atomic E-state index is -0.641. The fraction of sp³-hybridized carbons (Fsp3) is 0.231. The van der Waals surface area contributed by atoms with Gasteiger partial charge in [-0.2, -0.15) is 0 Å². The lowest BCUT2D eigenvalue weighted by atomic mass is 10.0. The lowest BCUT2D eigenvalue weighted by molar-refractivity contribution is -0.138. The Hall–Kier alpha value is -2.17. The van der Waals surface area contributed by atoms with Crippen molar-refractivity contribution in [2.45, 2.75) is 6.42 Å². The van der Waals surface area contributed by atoms with Crippen LogP contribution in [0.5, 0.6) is 0 Å². The average Bonchev–Trinajstić information content (AvgIpc) is 2.39. The van der Waals surface area contributed by atoms with Gasteiger partial charge in [-0.3, -0.25) is 0 Å². The second-order valence-electron chi connectivity index (χ2n) is 3.49. The quantitative estimate of drug-likeness (QED) is 0.604. The second-order valence-corrected chi connectivity index (χ2v) is 3.49. The van der Waals surface area contributed by atoms with Crippen LogP contribution < -0.4 is 0 Å². The van der Waals surface area contributed by atoms with Crippen molar-refractivity contribution in [2.75, 3.05) is 14.2 Å². The first-order valence-corrected chi connectivity index (χ1v) is 5.18. The molecule has 18 heavy (non-hydrogen) atoms. The van der Waals surface area contributed by atoms with Crippen LogP contribution in [0.25, 0.3) is 0 Å². The molecule has 0 saturated heterocycles. The molecule has 0 unspecified atom stereocenters. The van der Waals surface area contributed by atoms with E-state index in [9.17, 15) is 14.0 Å². The normalized spacial score (nSPS) is 10.9. The highest BCUT2D eigenvalue weighted by Gasteiger charge is 2.13. The second kappa shape index (κ2) is 6.54. The van der Waals surface area contributed by atoms with Gasteiger partial charge in [0, 0.05) is 18.1 Å². The van der Waals surface area contributed by atoms with Crippen LogP contribution >= 0.6 is 0 Å². The molecule has 0 aliphatic heterocycles. The number of benzene rings is 1. The summed E-state index contributed by atoms with van der Waals surface area (Å²) >= 11 is 0. The summed E-state index contributed by atoms with van der Waals surface area (Å²) in [6, 6.07) is 5.62. The summed E-state index contributed by atoms with van der Waals surface area (Å²) in [4.78, 5) is 22.6. The van der Waals surface area contributed by atoms with Gasteiger partial charge in [0.15, 0.2) is 0 Å². The van der Waals surface area contributed by atoms with Crippen LogP contribution in [0.1, 0.15) is 5.56 Å². The maximum absolute atomic E-state index is 12.7. The number of esters is 2. The molecule has 0 aliphatic rings. The highest BCUT2D eigenvalue weighted by atomic mass is 19.1. The maximum Gasteiger partial charge on any atom is 0.334 e. The molecule has 0 radical (unpaired) electrons. The first-order valence-electron chi connectivity index (χ1n) is 5.18. The Balaban J connectivity index is 2.91. The van der Waals surface area contributed by atoms with Crippen LogP contribution in [-0.4, -0.2) is 26.2 Å². The average molecular weight is 252 g/mol. The van der Waals surface area contributed by atoms with Crippen LogP contribution in [0.2, 0.25) is 0 Å². The summed E-state index contributed by atoms with van der Waals surface area (Å²) in [6.07, 6.45) is 1.23. The van der Waals surface area contributed by atoms with Crippen molar-refractivity contribution in [2.24, 2.45) is 0 Å². The van der Waals surface area contributed by atoms with E-state index in [-0.39, 0.29) is 17.8 Å². The number of rotatable bonds is 4. The first kappa shape index (κ1) is 13.9. The van der Waals surface area contributed by atoms with Crippen LogP contribution in [0.4, 0.5) is 4.39 Å². The van der Waals surface area contributed by atoms with Gasteiger partial charge < -0.3 is 9.47 Å². The van der Waals surface area contributed by atoms with Gasteiger partial charge in [-0.1, -0.05) is 12.1 Å². The van der Waals surface area contributed by atoms with E-state index in [0.717, 1.165) is 6.08 Å². The molecule has 0 atom stereocenters. The van der Waals surface area contributed by atoms with Gasteiger partial charge in [-0.15, -0.1) is 0 Å². The zero-order chi connectivity index (χ0) is 13.5. The molecule has 0 spiro atoms. The Bertz CT molecular complexity index is 462. The molecule has 0 amide bonds. The van der Waals surface area contributed by atoms with E-state index in [0.29, 0.717) is 5.56 Å². The van der Waals surface area contributed by atoms with E-state index in [1.165, 1.54) is 38.5 Å². The minimum absolute atomic E-state index is 0.149. The molecule has 0 fully saturated rings. The van der Waals surface area contributed by atoms with Gasteiger partial charge in [-0.25, -0.2) is 14.0 Å². The van der Waals surface area contributed by atoms with E-state index in [1.54, 1.807) is 0 Å². The Kier molecular flexibility index (Phi) is 5.05. The molecule has 0 bridgehead atoms. The van der Waals surface area contributed by atoms with Crippen LogP contribution in [-0.2, 0) is 25.5 Å². The van der Waals surface area contributed by atoms with Crippen LogP contribution in [0.3, 0.4) is 0 Å². The molecular formula is C13H13FO4. The Morgan fingerprint density at radius 1 is 1.17 bits per heavy atom. The number of ether oxygens (including phenoxy) is 2. The van der Waals surface area contributed by atoms with Gasteiger partial charge in [0.05, 0.1) is 14.2 Å². The number of hydrogen-bond donors (Lipinski definition) is 0. The van der Waals surface area contributed by atoms with Crippen molar-refractivity contribution in [1.82, 2.24) is 0 Å². The summed E-state index contributed by atoms with van der Waals surface area (Å²) in [5, 5.41) is 0. The number of hydrogen-bond acceptors (Lipinski definition) is 4. The summed E-state index contributed by atoms with van der Waals surface area (Å²) in [7, 11) is 2.43. The molecule has 1 aromatic carbocycles. The van der Waals surface area contributed by atoms with Gasteiger partial charge in [0.2, 0.25) is 0 Å². The molecule has 1 aromatic rings. The highest BCUT2D eigenvalue weighted by molar-refractivity contribution is 5.96. The van der Waals surface area contributed by atoms with Crippen LogP contribution in [0, 0.1) is 5.82 Å². The zero-order valence-electron chi connectivity index (χ0n) is 10.1. The number of carbonyl (C=O) groups is 2. The summed E-state index contributed by atoms with van der Waals surface area (Å²) < 4.78 is 21.7. The molecular weight excluding hydrogens is 239 g/mol. The van der Waals surface area contributed by atoms with Crippen molar-refractivity contribution >= 4 is 11.9 Å². The molecule has 0 aromatic heterocycles. The predicted octanol–water partition coefficient (Wildman–Crippen LogP) is 1.64. The molecule has 96 valence electrons. The van der Waals surface area contributed by atoms with E-state index in [1.807, 2.05) is 0 Å². The van der Waals surface area contributed by atoms with Crippen molar-refractivity contribution in [3.63, 3.8) is 0 Å². The topological polar surface area (TPSA) is 52.6 Å². The fourth-order valence-corrected chi connectivity index (χ4v) is 1.34. The van der Waals surface area contributed by atoms with E-state index in [4.69, 9.17) is 0 Å². The number of halogens is 1. The summed E-state index contributed by atoms with van der Waals surface area (Å²) in [5.74, 6) is -1.63. The minimum Gasteiger partial charge on any atom is -0.466 e. The van der Waals surface area contributed by atoms with Gasteiger partial charge in [0.25, 0.3) is 0 Å². The van der Waals surface area contributed by atoms with Gasteiger partial charge >= 0.3 is 11.9 Å². The third-order valence-corrected chi connectivity index (χ3v) is 2.25. The predicted molar refractivity (Wildman–Crippen MR) is 62.2 cm³/mol. The summed E-state index contributed by atoms with van der Waals surface area (Å²) in [6.45, 7) is 0. The number of methoxy groups -OCH3 is 2. The highest BCUT2D eigenvalue weighted by Crippen LogP contribution is 2.11. The van der Waals surface area contributed by atoms with Gasteiger partial charge in [0.1, 0.15) is 5.82 Å². The Labute approximate surface area is 104 Å². The lowest BCUT2D eigenvalue weighted by Crippen LogP contribution is -2.10. The smallest absolute Gasteiger partial charge is 0.334 e. The zero-order valence-corrected chi connectivity index (χ0v) is 10.1. The lowest BCUT2D eigenvalue weighted by Gasteiger charge is -2.05. The van der Waals surface area contributed by atoms with Crippen LogP contribution in [0.15, 0.2) is 35.9 Å². The van der Waals surface area contributed by atoms with E-state index in [2.05, 4.69) is 9.47 Å². The summed E-state index contributed by atoms with van der Waals surface area (Å²) in [5.41, 5.74) is 0.841. The monoisotopic (exact) mass is 252 g/mol. The SMILES string of the molecule is COC(=O)/C=C(\Cc1ccc(F)cc1)C(=O)OC. The Morgan fingerprint density at radius 2 is 1.78 bits per heavy atom. The van der Waals surface area contributed by atoms with Gasteiger partial charge in [-0.05, 0) is 17.7 Å². The molecule has 5 heteroatoms. The van der Waals surface area contributed by atoms with E-state index >= 15 is 0 Å². The van der Waals surface area contributed by atoms with Crippen molar-refractivity contribution in [1.29, 1.82) is 0 Å². The molecule has 0 heterocycles. The fourth-order valence-electron chi connectivity index (χ4n) is 1.34. The largest absolute Gasteiger partial charge is 0.466 e. The standard InChI is InChI=1S/C13H13FO4/c1-17-12(15)8-10(13(16)18-2)7-9-3-5-11(14)6-4-9/h3-6,8H,7H2,1-2H3/b10-8+. The third kappa shape index (κ3) is 4.01. The van der Waals surface area contributed by atoms with Crippen molar-refractivity contribution < 1.29 is 23.5 Å². The first-order chi connectivity index (χ1) is 8.56. The van der Waals surface area contributed by atoms with Crippen molar-refractivity contribution in [3.05, 3.63) is 47.3 Å². The number of carbonyl (C=O) groups excluding carboxylic acids is 2. The molecule has 0 aliphatic carbocycles. The molecule has 0 saturated carbocycles. The van der Waals surface area contributed by atoms with Crippen molar-refractivity contribution in [3.8, 4) is 0 Å². The molecule has 0 N–H and O–H groups in total. The maximum atomic E-state index is 12.7. The van der Waals surface area contributed by atoms with E-state index < -0.39 is 11.9 Å². The molecule has 1 rings (SSSR count). The third-order valence-electron chi connectivity index (χ3n) is 2.25.